The van der Waals surface area contributed by atoms with E-state index in [2.05, 4.69) is 53.4 Å². The van der Waals surface area contributed by atoms with Gasteiger partial charge < -0.3 is 4.90 Å². The Bertz CT molecular complexity index is 1520. The Kier molecular flexibility index (Phi) is 6.02. The summed E-state index contributed by atoms with van der Waals surface area (Å²) in [4.78, 5) is 14.8. The van der Waals surface area contributed by atoms with Gasteiger partial charge >= 0.3 is 5.69 Å². The molecule has 0 saturated carbocycles. The standard InChI is InChI=1S/C27H30N4O3S/c1-28(35(33,34)22-15-16-25-26(19-22)30(3)27(32)29(25)2)17-8-18-31-23-11-6-4-9-20(23)13-14-21-10-5-7-12-24(21)31/h4-7,9-12,15-16,19H,8,13-14,17-18H2,1-3H3. The van der Waals surface area contributed by atoms with Crippen LogP contribution in [0.1, 0.15) is 17.5 Å². The molecule has 0 saturated heterocycles. The van der Waals surface area contributed by atoms with Gasteiger partial charge in [-0.05, 0) is 60.7 Å². The van der Waals surface area contributed by atoms with Crippen LogP contribution in [0.25, 0.3) is 11.0 Å². The molecule has 0 bridgehead atoms. The summed E-state index contributed by atoms with van der Waals surface area (Å²) in [7, 11) is 1.27. The Morgan fingerprint density at radius 1 is 0.829 bits per heavy atom. The number of aromatic nitrogens is 2. The van der Waals surface area contributed by atoms with Crippen LogP contribution in [0.3, 0.4) is 0 Å². The van der Waals surface area contributed by atoms with Crippen molar-refractivity contribution in [2.24, 2.45) is 14.1 Å². The van der Waals surface area contributed by atoms with Crippen LogP contribution >= 0.6 is 0 Å². The number of hydrogen-bond donors (Lipinski definition) is 0. The number of anilines is 2. The molecule has 0 amide bonds. The first-order valence-corrected chi connectivity index (χ1v) is 13.3. The minimum atomic E-state index is -3.69. The smallest absolute Gasteiger partial charge is 0.328 e. The van der Waals surface area contributed by atoms with Gasteiger partial charge in [-0.3, -0.25) is 9.13 Å². The molecule has 5 rings (SSSR count). The molecule has 1 aliphatic heterocycles. The lowest BCUT2D eigenvalue weighted by molar-refractivity contribution is 0.463. The predicted molar refractivity (Wildman–Crippen MR) is 140 cm³/mol. The van der Waals surface area contributed by atoms with Crippen molar-refractivity contribution in [2.75, 3.05) is 25.0 Å². The van der Waals surface area contributed by atoms with Gasteiger partial charge in [0.05, 0.1) is 15.9 Å². The van der Waals surface area contributed by atoms with Crippen LogP contribution in [0.2, 0.25) is 0 Å². The van der Waals surface area contributed by atoms with Crippen LogP contribution in [0.15, 0.2) is 76.4 Å². The van der Waals surface area contributed by atoms with Crippen LogP contribution in [0.4, 0.5) is 11.4 Å². The summed E-state index contributed by atoms with van der Waals surface area (Å²) in [6.07, 6.45) is 2.65. The fraction of sp³-hybridized carbons (Fsp3) is 0.296. The highest BCUT2D eigenvalue weighted by atomic mass is 32.2. The highest BCUT2D eigenvalue weighted by Gasteiger charge is 2.24. The summed E-state index contributed by atoms with van der Waals surface area (Å²) in [5.74, 6) is 0. The first-order chi connectivity index (χ1) is 16.8. The number of rotatable bonds is 6. The Balaban J connectivity index is 1.37. The van der Waals surface area contributed by atoms with E-state index in [4.69, 9.17) is 0 Å². The van der Waals surface area contributed by atoms with E-state index in [0.717, 1.165) is 12.8 Å². The second-order valence-electron chi connectivity index (χ2n) is 9.14. The van der Waals surface area contributed by atoms with Gasteiger partial charge in [0.1, 0.15) is 0 Å². The molecular weight excluding hydrogens is 460 g/mol. The molecule has 2 heterocycles. The zero-order valence-corrected chi connectivity index (χ0v) is 21.1. The molecule has 35 heavy (non-hydrogen) atoms. The van der Waals surface area contributed by atoms with E-state index >= 15 is 0 Å². The average molecular weight is 491 g/mol. The number of para-hydroxylation sites is 2. The topological polar surface area (TPSA) is 67.6 Å². The molecule has 0 spiro atoms. The van der Waals surface area contributed by atoms with Gasteiger partial charge in [-0.25, -0.2) is 17.5 Å². The normalized spacial score (nSPS) is 13.7. The fourth-order valence-corrected chi connectivity index (χ4v) is 6.24. The number of sulfonamides is 1. The van der Waals surface area contributed by atoms with Gasteiger partial charge in [0.15, 0.2) is 0 Å². The minimum Gasteiger partial charge on any atom is -0.341 e. The first kappa shape index (κ1) is 23.4. The van der Waals surface area contributed by atoms with Crippen molar-refractivity contribution in [1.82, 2.24) is 13.4 Å². The molecule has 0 fully saturated rings. The van der Waals surface area contributed by atoms with Gasteiger partial charge in [0, 0.05) is 45.6 Å². The van der Waals surface area contributed by atoms with E-state index in [1.54, 1.807) is 39.3 Å². The Labute approximate surface area is 205 Å². The lowest BCUT2D eigenvalue weighted by Crippen LogP contribution is -2.30. The van der Waals surface area contributed by atoms with Crippen LogP contribution < -0.4 is 10.6 Å². The van der Waals surface area contributed by atoms with Gasteiger partial charge in [-0.1, -0.05) is 36.4 Å². The summed E-state index contributed by atoms with van der Waals surface area (Å²) >= 11 is 0. The largest absolute Gasteiger partial charge is 0.341 e. The third kappa shape index (κ3) is 4.06. The molecule has 4 aromatic rings. The van der Waals surface area contributed by atoms with Crippen molar-refractivity contribution >= 4 is 32.4 Å². The summed E-state index contributed by atoms with van der Waals surface area (Å²) < 4.78 is 31.1. The Hall–Kier alpha value is -3.36. The molecule has 182 valence electrons. The maximum atomic E-state index is 13.3. The van der Waals surface area contributed by atoms with Crippen molar-refractivity contribution in [3.8, 4) is 0 Å². The molecule has 0 N–H and O–H groups in total. The highest BCUT2D eigenvalue weighted by Crippen LogP contribution is 2.36. The molecule has 1 aromatic heterocycles. The second kappa shape index (κ2) is 9.02. The van der Waals surface area contributed by atoms with Crippen LogP contribution in [0, 0.1) is 0 Å². The fourth-order valence-electron chi connectivity index (χ4n) is 5.01. The van der Waals surface area contributed by atoms with E-state index in [1.807, 2.05) is 0 Å². The summed E-state index contributed by atoms with van der Waals surface area (Å²) in [6, 6.07) is 21.8. The quantitative estimate of drug-likeness (QED) is 0.412. The van der Waals surface area contributed by atoms with E-state index in [0.29, 0.717) is 30.5 Å². The van der Waals surface area contributed by atoms with Crippen LogP contribution in [-0.4, -0.2) is 42.0 Å². The number of nitrogens with zero attached hydrogens (tertiary/aromatic N) is 4. The maximum Gasteiger partial charge on any atom is 0.328 e. The number of aryl methyl sites for hydroxylation is 4. The lowest BCUT2D eigenvalue weighted by atomic mass is 10.0. The summed E-state index contributed by atoms with van der Waals surface area (Å²) in [6.45, 7) is 1.09. The summed E-state index contributed by atoms with van der Waals surface area (Å²) in [5, 5.41) is 0. The number of fused-ring (bicyclic) bond motifs is 3. The van der Waals surface area contributed by atoms with Crippen LogP contribution in [0.5, 0.6) is 0 Å². The van der Waals surface area contributed by atoms with Gasteiger partial charge in [-0.2, -0.15) is 0 Å². The Morgan fingerprint density at radius 2 is 1.40 bits per heavy atom. The van der Waals surface area contributed by atoms with E-state index in [1.165, 1.54) is 35.9 Å². The molecule has 0 atom stereocenters. The average Bonchev–Trinajstić information content (AvgIpc) is 3.00. The highest BCUT2D eigenvalue weighted by molar-refractivity contribution is 7.89. The van der Waals surface area contributed by atoms with Crippen molar-refractivity contribution in [1.29, 1.82) is 0 Å². The lowest BCUT2D eigenvalue weighted by Gasteiger charge is -2.28. The summed E-state index contributed by atoms with van der Waals surface area (Å²) in [5.41, 5.74) is 6.14. The molecule has 3 aromatic carbocycles. The van der Waals surface area contributed by atoms with Crippen molar-refractivity contribution in [3.63, 3.8) is 0 Å². The molecule has 8 heteroatoms. The number of benzene rings is 3. The molecule has 7 nitrogen and oxygen atoms in total. The van der Waals surface area contributed by atoms with Gasteiger partial charge in [0.25, 0.3) is 0 Å². The van der Waals surface area contributed by atoms with E-state index in [-0.39, 0.29) is 10.6 Å². The number of hydrogen-bond acceptors (Lipinski definition) is 4. The van der Waals surface area contributed by atoms with Gasteiger partial charge in [0.2, 0.25) is 10.0 Å². The zero-order valence-electron chi connectivity index (χ0n) is 20.3. The molecule has 0 unspecified atom stereocenters. The first-order valence-electron chi connectivity index (χ1n) is 11.8. The minimum absolute atomic E-state index is 0.180. The second-order valence-corrected chi connectivity index (χ2v) is 11.2. The van der Waals surface area contributed by atoms with Gasteiger partial charge in [-0.15, -0.1) is 0 Å². The zero-order chi connectivity index (χ0) is 24.7. The van der Waals surface area contributed by atoms with E-state index in [9.17, 15) is 13.2 Å². The monoisotopic (exact) mass is 490 g/mol. The third-order valence-corrected chi connectivity index (χ3v) is 8.89. The van der Waals surface area contributed by atoms with Crippen molar-refractivity contribution in [3.05, 3.63) is 88.3 Å². The SMILES string of the molecule is CN(CCCN1c2ccccc2CCc2ccccc21)S(=O)(=O)c1ccc2c(c1)n(C)c(=O)n2C. The van der Waals surface area contributed by atoms with E-state index < -0.39 is 10.0 Å². The van der Waals surface area contributed by atoms with Crippen LogP contribution in [-0.2, 0) is 37.0 Å². The molecule has 0 aliphatic carbocycles. The van der Waals surface area contributed by atoms with Crippen molar-refractivity contribution in [2.45, 2.75) is 24.2 Å². The Morgan fingerprint density at radius 3 is 2.03 bits per heavy atom. The van der Waals surface area contributed by atoms with Crippen molar-refractivity contribution < 1.29 is 8.42 Å². The molecule has 1 aliphatic rings. The molecular formula is C27H30N4O3S. The number of imidazole rings is 1. The maximum absolute atomic E-state index is 13.3. The predicted octanol–water partition coefficient (Wildman–Crippen LogP) is 3.82. The molecule has 0 radical (unpaired) electrons. The third-order valence-electron chi connectivity index (χ3n) is 7.03.